The first-order valence-electron chi connectivity index (χ1n) is 12.9. The van der Waals surface area contributed by atoms with Crippen LogP contribution < -0.4 is 19.9 Å². The third-order valence-electron chi connectivity index (χ3n) is 6.58. The van der Waals surface area contributed by atoms with Gasteiger partial charge in [-0.2, -0.15) is 4.31 Å². The van der Waals surface area contributed by atoms with Gasteiger partial charge in [-0.15, -0.1) is 5.92 Å². The summed E-state index contributed by atoms with van der Waals surface area (Å²) in [6.07, 6.45) is 0.668. The number of carbonyl (C=O) groups excluding carboxylic acids is 2. The highest BCUT2D eigenvalue weighted by Crippen LogP contribution is 2.34. The Kier molecular flexibility index (Phi) is 9.62. The van der Waals surface area contributed by atoms with Gasteiger partial charge in [-0.1, -0.05) is 36.3 Å². The fourth-order valence-corrected chi connectivity index (χ4v) is 6.04. The van der Waals surface area contributed by atoms with Gasteiger partial charge >= 0.3 is 0 Å². The van der Waals surface area contributed by atoms with Crippen molar-refractivity contribution in [3.05, 3.63) is 83.9 Å². The lowest BCUT2D eigenvalue weighted by molar-refractivity contribution is -0.133. The van der Waals surface area contributed by atoms with Crippen LogP contribution in [0.15, 0.2) is 77.7 Å². The van der Waals surface area contributed by atoms with Gasteiger partial charge in [0.1, 0.15) is 24.1 Å². The average molecular weight is 578 g/mol. The lowest BCUT2D eigenvalue weighted by atomic mass is 10.1. The molecule has 0 radical (unpaired) electrons. The molecule has 0 aliphatic carbocycles. The topological polar surface area (TPSA) is 125 Å². The second kappa shape index (κ2) is 13.3. The quantitative estimate of drug-likeness (QED) is 0.227. The molecule has 0 fully saturated rings. The Labute approximate surface area is 239 Å². The number of nitrogens with zero attached hydrogens (tertiary/aromatic N) is 2. The minimum Gasteiger partial charge on any atom is -0.493 e. The van der Waals surface area contributed by atoms with E-state index in [0.717, 1.165) is 9.87 Å². The van der Waals surface area contributed by atoms with Crippen molar-refractivity contribution in [2.45, 2.75) is 37.8 Å². The normalized spacial score (nSPS) is 15.1. The second-order valence-electron chi connectivity index (χ2n) is 9.23. The molecule has 1 unspecified atom stereocenters. The number of anilines is 1. The van der Waals surface area contributed by atoms with E-state index in [1.807, 2.05) is 30.3 Å². The first-order valence-corrected chi connectivity index (χ1v) is 14.3. The molecule has 1 heterocycles. The van der Waals surface area contributed by atoms with Crippen molar-refractivity contribution >= 4 is 27.5 Å². The number of fused-ring (bicyclic) bond motifs is 1. The molecule has 4 rings (SSSR count). The first-order chi connectivity index (χ1) is 19.7. The summed E-state index contributed by atoms with van der Waals surface area (Å²) in [6, 6.07) is 19.2. The predicted octanol–water partition coefficient (Wildman–Crippen LogP) is 3.14. The number of amides is 2. The van der Waals surface area contributed by atoms with E-state index in [1.165, 1.54) is 36.1 Å². The van der Waals surface area contributed by atoms with Crippen molar-refractivity contribution in [1.82, 2.24) is 9.79 Å². The summed E-state index contributed by atoms with van der Waals surface area (Å²) in [5, 5.41) is 9.48. The van der Waals surface area contributed by atoms with E-state index in [-0.39, 0.29) is 24.6 Å². The summed E-state index contributed by atoms with van der Waals surface area (Å²) >= 11 is 0. The maximum Gasteiger partial charge on any atom is 0.263 e. The Bertz CT molecular complexity index is 1550. The van der Waals surface area contributed by atoms with Gasteiger partial charge in [0.05, 0.1) is 18.0 Å². The van der Waals surface area contributed by atoms with Crippen molar-refractivity contribution < 1.29 is 32.7 Å². The molecule has 1 atom stereocenters. The van der Waals surface area contributed by atoms with Crippen molar-refractivity contribution in [3.8, 4) is 23.3 Å². The molecule has 10 nitrogen and oxygen atoms in total. The molecule has 0 spiro atoms. The maximum absolute atomic E-state index is 13.9. The van der Waals surface area contributed by atoms with Crippen molar-refractivity contribution in [2.24, 2.45) is 0 Å². The van der Waals surface area contributed by atoms with Crippen LogP contribution in [0.5, 0.6) is 11.5 Å². The van der Waals surface area contributed by atoms with E-state index in [2.05, 4.69) is 11.8 Å². The third kappa shape index (κ3) is 7.05. The van der Waals surface area contributed by atoms with Gasteiger partial charge in [0.2, 0.25) is 15.9 Å². The Balaban J connectivity index is 1.67. The van der Waals surface area contributed by atoms with Crippen LogP contribution in [0.2, 0.25) is 0 Å². The van der Waals surface area contributed by atoms with Gasteiger partial charge in [-0.25, -0.2) is 13.9 Å². The number of hydroxylamine groups is 1. The number of hydrogen-bond acceptors (Lipinski definition) is 7. The molecule has 3 aromatic carbocycles. The van der Waals surface area contributed by atoms with Crippen LogP contribution in [-0.2, 0) is 32.6 Å². The molecule has 0 bridgehead atoms. The Hall–Kier alpha value is -4.37. The Morgan fingerprint density at radius 3 is 2.39 bits per heavy atom. The summed E-state index contributed by atoms with van der Waals surface area (Å²) in [5.41, 5.74) is 3.57. The van der Waals surface area contributed by atoms with Gasteiger partial charge in [-0.05, 0) is 60.5 Å². The summed E-state index contributed by atoms with van der Waals surface area (Å²) in [5.74, 6) is 5.03. The van der Waals surface area contributed by atoms with Crippen LogP contribution in [0.1, 0.15) is 25.0 Å². The number of rotatable bonds is 9. The summed E-state index contributed by atoms with van der Waals surface area (Å²) in [6.45, 7) is 2.99. The molecule has 0 aromatic heterocycles. The van der Waals surface area contributed by atoms with Gasteiger partial charge in [0.25, 0.3) is 5.91 Å². The highest BCUT2D eigenvalue weighted by molar-refractivity contribution is 7.89. The number of benzene rings is 3. The van der Waals surface area contributed by atoms with Crippen LogP contribution in [0.3, 0.4) is 0 Å². The fourth-order valence-electron chi connectivity index (χ4n) is 4.49. The largest absolute Gasteiger partial charge is 0.493 e. The molecule has 0 saturated carbocycles. The van der Waals surface area contributed by atoms with Crippen molar-refractivity contribution in [2.75, 3.05) is 24.7 Å². The zero-order valence-electron chi connectivity index (χ0n) is 22.7. The van der Waals surface area contributed by atoms with E-state index < -0.39 is 27.9 Å². The average Bonchev–Trinajstić information content (AvgIpc) is 3.15. The molecule has 3 aromatic rings. The van der Waals surface area contributed by atoms with Crippen LogP contribution >= 0.6 is 0 Å². The first kappa shape index (κ1) is 29.6. The van der Waals surface area contributed by atoms with E-state index in [1.54, 1.807) is 30.6 Å². The van der Waals surface area contributed by atoms with Gasteiger partial charge < -0.3 is 14.4 Å². The van der Waals surface area contributed by atoms with E-state index >= 15 is 0 Å². The summed E-state index contributed by atoms with van der Waals surface area (Å²) in [4.78, 5) is 26.7. The molecular formula is C30H31N3O7S. The predicted molar refractivity (Wildman–Crippen MR) is 152 cm³/mol. The number of carbonyl (C=O) groups is 2. The minimum absolute atomic E-state index is 0.0877. The summed E-state index contributed by atoms with van der Waals surface area (Å²) in [7, 11) is -4.29. The van der Waals surface area contributed by atoms with E-state index in [4.69, 9.17) is 9.47 Å². The lowest BCUT2D eigenvalue weighted by Gasteiger charge is -2.29. The molecule has 2 N–H and O–H groups in total. The van der Waals surface area contributed by atoms with Crippen molar-refractivity contribution in [1.29, 1.82) is 0 Å². The highest BCUT2D eigenvalue weighted by Gasteiger charge is 2.41. The zero-order chi connectivity index (χ0) is 29.4. The standard InChI is InChI=1S/C30H31N3O7S/c1-3-4-17-39-25-10-13-27(14-11-25)41(37,38)33-20-24-19-26(40-18-16-23-8-6-5-7-9-23)12-15-28(24)32(22(2)34)21-29(33)30(35)31-36/h5-15,19,29,36H,16-18,20-21H2,1-2H3,(H,31,35). The molecular weight excluding hydrogens is 546 g/mol. The number of ether oxygens (including phenoxy) is 2. The molecule has 41 heavy (non-hydrogen) atoms. The van der Waals surface area contributed by atoms with E-state index in [0.29, 0.717) is 35.8 Å². The van der Waals surface area contributed by atoms with Crippen LogP contribution in [0.4, 0.5) is 5.69 Å². The molecule has 1 aliphatic rings. The van der Waals surface area contributed by atoms with Crippen LogP contribution in [-0.4, -0.2) is 55.5 Å². The Morgan fingerprint density at radius 2 is 1.73 bits per heavy atom. The smallest absolute Gasteiger partial charge is 0.263 e. The van der Waals surface area contributed by atoms with Crippen molar-refractivity contribution in [3.63, 3.8) is 0 Å². The van der Waals surface area contributed by atoms with Crippen LogP contribution in [0, 0.1) is 11.8 Å². The van der Waals surface area contributed by atoms with Crippen LogP contribution in [0.25, 0.3) is 0 Å². The van der Waals surface area contributed by atoms with Gasteiger partial charge in [0.15, 0.2) is 0 Å². The Morgan fingerprint density at radius 1 is 1.02 bits per heavy atom. The van der Waals surface area contributed by atoms with Gasteiger partial charge in [0, 0.05) is 25.6 Å². The molecule has 11 heteroatoms. The minimum atomic E-state index is -4.29. The number of hydrogen-bond donors (Lipinski definition) is 2. The molecule has 1 aliphatic heterocycles. The summed E-state index contributed by atoms with van der Waals surface area (Å²) < 4.78 is 40.2. The third-order valence-corrected chi connectivity index (χ3v) is 8.45. The molecule has 214 valence electrons. The molecule has 0 saturated heterocycles. The second-order valence-corrected chi connectivity index (χ2v) is 11.1. The zero-order valence-corrected chi connectivity index (χ0v) is 23.6. The lowest BCUT2D eigenvalue weighted by Crippen LogP contribution is -2.53. The van der Waals surface area contributed by atoms with E-state index in [9.17, 15) is 23.2 Å². The van der Waals surface area contributed by atoms with Gasteiger partial charge in [-0.3, -0.25) is 14.8 Å². The maximum atomic E-state index is 13.9. The molecule has 2 amide bonds. The SMILES string of the molecule is CC#CCOc1ccc(S(=O)(=O)N2Cc3cc(OCCc4ccccc4)ccc3N(C(C)=O)CC2C(=O)NO)cc1. The number of nitrogens with one attached hydrogen (secondary N) is 1. The highest BCUT2D eigenvalue weighted by atomic mass is 32.2. The monoisotopic (exact) mass is 577 g/mol. The number of sulfonamides is 1. The fraction of sp³-hybridized carbons (Fsp3) is 0.267.